The SMILES string of the molecule is Cc1cccc2c(=O)n(CCCC(=O)N3CCc4sccc4[C@@H]3c3cccs3)cnc12. The van der Waals surface area contributed by atoms with Gasteiger partial charge in [0.15, 0.2) is 0 Å². The first kappa shape index (κ1) is 20.2. The topological polar surface area (TPSA) is 55.2 Å². The van der Waals surface area contributed by atoms with Crippen molar-refractivity contribution in [2.45, 2.75) is 38.8 Å². The molecule has 5 nitrogen and oxygen atoms in total. The van der Waals surface area contributed by atoms with Crippen molar-refractivity contribution in [2.75, 3.05) is 6.54 Å². The highest BCUT2D eigenvalue weighted by Crippen LogP contribution is 2.39. The van der Waals surface area contributed by atoms with Gasteiger partial charge in [0.2, 0.25) is 5.91 Å². The quantitative estimate of drug-likeness (QED) is 0.440. The molecule has 0 bridgehead atoms. The van der Waals surface area contributed by atoms with Crippen LogP contribution >= 0.6 is 22.7 Å². The Morgan fingerprint density at radius 1 is 1.16 bits per heavy atom. The fourth-order valence-electron chi connectivity index (χ4n) is 4.38. The molecular weight excluding hydrogens is 426 g/mol. The van der Waals surface area contributed by atoms with Crippen LogP contribution in [0.4, 0.5) is 0 Å². The highest BCUT2D eigenvalue weighted by molar-refractivity contribution is 7.10. The zero-order valence-corrected chi connectivity index (χ0v) is 18.9. The second-order valence-electron chi connectivity index (χ2n) is 7.87. The highest BCUT2D eigenvalue weighted by atomic mass is 32.1. The maximum absolute atomic E-state index is 13.2. The highest BCUT2D eigenvalue weighted by Gasteiger charge is 2.33. The minimum atomic E-state index is -0.0431. The molecular formula is C24H23N3O2S2. The van der Waals surface area contributed by atoms with Crippen molar-refractivity contribution in [1.29, 1.82) is 0 Å². The molecule has 1 atom stereocenters. The van der Waals surface area contributed by atoms with Gasteiger partial charge in [-0.05, 0) is 59.9 Å². The molecule has 0 unspecified atom stereocenters. The van der Waals surface area contributed by atoms with E-state index in [1.807, 2.05) is 36.1 Å². The predicted octanol–water partition coefficient (Wildman–Crippen LogP) is 4.78. The lowest BCUT2D eigenvalue weighted by atomic mass is 9.98. The number of fused-ring (bicyclic) bond motifs is 2. The van der Waals surface area contributed by atoms with E-state index in [-0.39, 0.29) is 17.5 Å². The van der Waals surface area contributed by atoms with E-state index in [2.05, 4.69) is 27.9 Å². The number of hydrogen-bond acceptors (Lipinski definition) is 5. The number of amides is 1. The molecule has 0 N–H and O–H groups in total. The lowest BCUT2D eigenvalue weighted by Crippen LogP contribution is -2.39. The summed E-state index contributed by atoms with van der Waals surface area (Å²) in [5.74, 6) is 0.146. The van der Waals surface area contributed by atoms with E-state index >= 15 is 0 Å². The summed E-state index contributed by atoms with van der Waals surface area (Å²) in [5.41, 5.74) is 2.96. The molecule has 31 heavy (non-hydrogen) atoms. The van der Waals surface area contributed by atoms with Crippen molar-refractivity contribution < 1.29 is 4.79 Å². The van der Waals surface area contributed by atoms with Gasteiger partial charge in [-0.2, -0.15) is 0 Å². The number of aryl methyl sites for hydroxylation is 2. The lowest BCUT2D eigenvalue weighted by molar-refractivity contribution is -0.133. The van der Waals surface area contributed by atoms with Crippen LogP contribution < -0.4 is 5.56 Å². The minimum absolute atomic E-state index is 0.00975. The Balaban J connectivity index is 1.31. The standard InChI is InChI=1S/C24H23N3O2S2/c1-16-5-2-6-18-22(16)25-15-26(24(18)29)11-3-8-21(28)27-12-9-19-17(10-14-31-19)23(27)20-7-4-13-30-20/h2,4-7,10,13-15,23H,3,8-9,11-12H2,1H3/t23-/m1/s1. The molecule has 0 spiro atoms. The Morgan fingerprint density at radius 3 is 2.90 bits per heavy atom. The summed E-state index contributed by atoms with van der Waals surface area (Å²) >= 11 is 3.48. The van der Waals surface area contributed by atoms with Crippen LogP contribution in [0.25, 0.3) is 10.9 Å². The van der Waals surface area contributed by atoms with Crippen molar-refractivity contribution in [3.05, 3.63) is 84.7 Å². The second kappa shape index (κ2) is 8.40. The number of carbonyl (C=O) groups is 1. The molecule has 7 heteroatoms. The summed E-state index contributed by atoms with van der Waals surface area (Å²) in [6.45, 7) is 3.19. The predicted molar refractivity (Wildman–Crippen MR) is 126 cm³/mol. The van der Waals surface area contributed by atoms with Crippen LogP contribution in [-0.2, 0) is 17.8 Å². The van der Waals surface area contributed by atoms with Crippen molar-refractivity contribution in [1.82, 2.24) is 14.5 Å². The Hall–Kier alpha value is -2.77. The Kier molecular flexibility index (Phi) is 5.46. The van der Waals surface area contributed by atoms with Crippen molar-refractivity contribution in [2.24, 2.45) is 0 Å². The molecule has 1 aromatic carbocycles. The van der Waals surface area contributed by atoms with E-state index in [0.717, 1.165) is 24.0 Å². The van der Waals surface area contributed by atoms with Crippen molar-refractivity contribution in [3.8, 4) is 0 Å². The molecule has 4 heterocycles. The molecule has 0 aliphatic carbocycles. The molecule has 0 radical (unpaired) electrons. The molecule has 5 rings (SSSR count). The number of para-hydroxylation sites is 1. The Labute approximate surface area is 188 Å². The number of benzene rings is 1. The van der Waals surface area contributed by atoms with Gasteiger partial charge >= 0.3 is 0 Å². The summed E-state index contributed by atoms with van der Waals surface area (Å²) in [4.78, 5) is 35.1. The van der Waals surface area contributed by atoms with Gasteiger partial charge < -0.3 is 4.90 Å². The van der Waals surface area contributed by atoms with Gasteiger partial charge in [0.25, 0.3) is 5.56 Å². The van der Waals surface area contributed by atoms with E-state index in [4.69, 9.17) is 0 Å². The third-order valence-corrected chi connectivity index (χ3v) is 7.87. The third kappa shape index (κ3) is 3.72. The molecule has 4 aromatic rings. The summed E-state index contributed by atoms with van der Waals surface area (Å²) in [5, 5.41) is 4.83. The van der Waals surface area contributed by atoms with Crippen LogP contribution in [0.2, 0.25) is 0 Å². The maximum atomic E-state index is 13.2. The van der Waals surface area contributed by atoms with Crippen LogP contribution in [0.1, 0.15) is 39.8 Å². The summed E-state index contributed by atoms with van der Waals surface area (Å²) < 4.78 is 1.62. The number of rotatable bonds is 5. The van der Waals surface area contributed by atoms with Gasteiger partial charge in [-0.1, -0.05) is 18.2 Å². The molecule has 0 fully saturated rings. The van der Waals surface area contributed by atoms with Crippen LogP contribution in [0, 0.1) is 6.92 Å². The lowest BCUT2D eigenvalue weighted by Gasteiger charge is -2.35. The summed E-state index contributed by atoms with van der Waals surface area (Å²) in [7, 11) is 0. The van der Waals surface area contributed by atoms with E-state index in [9.17, 15) is 9.59 Å². The van der Waals surface area contributed by atoms with Crippen LogP contribution in [0.3, 0.4) is 0 Å². The zero-order chi connectivity index (χ0) is 21.4. The van der Waals surface area contributed by atoms with Gasteiger partial charge in [-0.25, -0.2) is 4.98 Å². The second-order valence-corrected chi connectivity index (χ2v) is 9.85. The number of hydrogen-bond donors (Lipinski definition) is 0. The monoisotopic (exact) mass is 449 g/mol. The third-order valence-electron chi connectivity index (χ3n) is 5.94. The number of nitrogens with zero attached hydrogens (tertiary/aromatic N) is 3. The van der Waals surface area contributed by atoms with Gasteiger partial charge in [0, 0.05) is 29.3 Å². The fraction of sp³-hybridized carbons (Fsp3) is 0.292. The molecule has 1 aliphatic rings. The molecule has 1 aliphatic heterocycles. The van der Waals surface area contributed by atoms with Crippen molar-refractivity contribution in [3.63, 3.8) is 0 Å². The van der Waals surface area contributed by atoms with Crippen LogP contribution in [0.15, 0.2) is 58.3 Å². The summed E-state index contributed by atoms with van der Waals surface area (Å²) in [6, 6.07) is 12.0. The van der Waals surface area contributed by atoms with E-state index < -0.39 is 0 Å². The zero-order valence-electron chi connectivity index (χ0n) is 17.3. The molecule has 0 saturated heterocycles. The van der Waals surface area contributed by atoms with Gasteiger partial charge in [0.1, 0.15) is 0 Å². The summed E-state index contributed by atoms with van der Waals surface area (Å²) in [6.07, 6.45) is 3.55. The number of thiophene rings is 2. The van der Waals surface area contributed by atoms with Crippen molar-refractivity contribution >= 4 is 39.5 Å². The van der Waals surface area contributed by atoms with E-state index in [1.165, 1.54) is 15.3 Å². The molecule has 158 valence electrons. The molecule has 1 amide bonds. The van der Waals surface area contributed by atoms with Gasteiger partial charge in [-0.3, -0.25) is 14.2 Å². The van der Waals surface area contributed by atoms with Gasteiger partial charge in [-0.15, -0.1) is 22.7 Å². The smallest absolute Gasteiger partial charge is 0.261 e. The van der Waals surface area contributed by atoms with E-state index in [0.29, 0.717) is 24.8 Å². The fourth-order valence-corrected chi connectivity index (χ4v) is 6.14. The van der Waals surface area contributed by atoms with Crippen LogP contribution in [-0.4, -0.2) is 26.9 Å². The van der Waals surface area contributed by atoms with Crippen LogP contribution in [0.5, 0.6) is 0 Å². The molecule has 0 saturated carbocycles. The Bertz CT molecular complexity index is 1290. The first-order valence-corrected chi connectivity index (χ1v) is 12.2. The minimum Gasteiger partial charge on any atom is -0.330 e. The first-order valence-electron chi connectivity index (χ1n) is 10.5. The van der Waals surface area contributed by atoms with Gasteiger partial charge in [0.05, 0.1) is 23.3 Å². The average molecular weight is 450 g/mol. The normalized spacial score (nSPS) is 15.9. The Morgan fingerprint density at radius 2 is 2.06 bits per heavy atom. The largest absolute Gasteiger partial charge is 0.330 e. The number of carbonyl (C=O) groups excluding carboxylic acids is 1. The van der Waals surface area contributed by atoms with E-state index in [1.54, 1.807) is 33.6 Å². The average Bonchev–Trinajstić information content (AvgIpc) is 3.47. The maximum Gasteiger partial charge on any atom is 0.261 e. The number of aromatic nitrogens is 2. The first-order chi connectivity index (χ1) is 15.1. The molecule has 3 aromatic heterocycles.